The molecule has 44 heavy (non-hydrogen) atoms. The van der Waals surface area contributed by atoms with Gasteiger partial charge in [0.15, 0.2) is 4.80 Å². The Labute approximate surface area is 272 Å². The average Bonchev–Trinajstić information content (AvgIpc) is 3.34. The van der Waals surface area contributed by atoms with Crippen molar-refractivity contribution < 1.29 is 9.66 Å². The molecule has 1 aromatic heterocycles. The predicted molar refractivity (Wildman–Crippen MR) is 178 cm³/mol. The fourth-order valence-electron chi connectivity index (χ4n) is 5.84. The van der Waals surface area contributed by atoms with Gasteiger partial charge in [0.25, 0.3) is 11.2 Å². The summed E-state index contributed by atoms with van der Waals surface area (Å²) in [6, 6.07) is 27.9. The number of non-ortho nitro benzene ring substituents is 1. The highest BCUT2D eigenvalue weighted by Crippen LogP contribution is 2.42. The van der Waals surface area contributed by atoms with Gasteiger partial charge in [0.05, 0.1) is 25.7 Å². The number of hydrogen-bond donors (Lipinski definition) is 0. The number of allylic oxidation sites excluding steroid dienone is 1. The van der Waals surface area contributed by atoms with Crippen LogP contribution in [0.25, 0.3) is 11.8 Å². The fourth-order valence-corrected chi connectivity index (χ4v) is 8.21. The molecule has 0 amide bonds. The third kappa shape index (κ3) is 5.27. The number of fused-ring (bicyclic) bond motifs is 3. The lowest BCUT2D eigenvalue weighted by molar-refractivity contribution is -0.384. The molecule has 0 spiro atoms. The van der Waals surface area contributed by atoms with Gasteiger partial charge in [0.2, 0.25) is 0 Å². The van der Waals surface area contributed by atoms with Crippen molar-refractivity contribution in [3.63, 3.8) is 0 Å². The Morgan fingerprint density at radius 3 is 2.61 bits per heavy atom. The first-order valence-electron chi connectivity index (χ1n) is 13.9. The minimum Gasteiger partial charge on any atom is -0.487 e. The monoisotopic (exact) mass is 727 g/mol. The van der Waals surface area contributed by atoms with Crippen molar-refractivity contribution in [3.05, 3.63) is 163 Å². The molecule has 2 heterocycles. The van der Waals surface area contributed by atoms with Crippen LogP contribution in [0.1, 0.15) is 40.3 Å². The minimum atomic E-state index is -0.514. The van der Waals surface area contributed by atoms with Crippen LogP contribution in [0.5, 0.6) is 5.75 Å². The highest BCUT2D eigenvalue weighted by Gasteiger charge is 2.33. The molecule has 0 saturated heterocycles. The van der Waals surface area contributed by atoms with E-state index >= 15 is 0 Å². The number of benzene rings is 4. The Kier molecular flexibility index (Phi) is 7.65. The lowest BCUT2D eigenvalue weighted by Crippen LogP contribution is -2.38. The highest BCUT2D eigenvalue weighted by molar-refractivity contribution is 9.11. The van der Waals surface area contributed by atoms with Crippen LogP contribution in [0.4, 0.5) is 5.69 Å². The van der Waals surface area contributed by atoms with E-state index in [0.29, 0.717) is 33.7 Å². The van der Waals surface area contributed by atoms with Gasteiger partial charge in [0, 0.05) is 27.7 Å². The first-order chi connectivity index (χ1) is 21.4. The molecule has 0 N–H and O–H groups in total. The second-order valence-electron chi connectivity index (χ2n) is 10.5. The smallest absolute Gasteiger partial charge is 0.271 e. The SMILES string of the molecule is O=c1/c(=C\c2cc(Br)cc(Br)c2OCc2ccccc2)sc2n1C(c1cccc([N+](=O)[O-])c1)C1=C(N=2)c2ccccc2CC1. The zero-order valence-electron chi connectivity index (χ0n) is 23.1. The second kappa shape index (κ2) is 11.8. The molecular weight excluding hydrogens is 706 g/mol. The summed E-state index contributed by atoms with van der Waals surface area (Å²) in [5.41, 5.74) is 6.28. The van der Waals surface area contributed by atoms with Gasteiger partial charge in [0.1, 0.15) is 12.4 Å². The van der Waals surface area contributed by atoms with E-state index in [2.05, 4.69) is 44.0 Å². The van der Waals surface area contributed by atoms with Crippen molar-refractivity contribution in [2.24, 2.45) is 4.99 Å². The van der Waals surface area contributed by atoms with Crippen LogP contribution in [0.2, 0.25) is 0 Å². The van der Waals surface area contributed by atoms with Crippen molar-refractivity contribution >= 4 is 60.7 Å². The number of thiazole rings is 1. The fraction of sp³-hybridized carbons (Fsp3) is 0.118. The zero-order chi connectivity index (χ0) is 30.4. The maximum absolute atomic E-state index is 14.3. The summed E-state index contributed by atoms with van der Waals surface area (Å²) in [6.45, 7) is 0.363. The molecule has 0 radical (unpaired) electrons. The molecule has 10 heteroatoms. The van der Waals surface area contributed by atoms with Gasteiger partial charge in [-0.1, -0.05) is 94.0 Å². The lowest BCUT2D eigenvalue weighted by atomic mass is 9.83. The molecule has 2 aliphatic rings. The summed E-state index contributed by atoms with van der Waals surface area (Å²) in [5, 5.41) is 11.7. The molecule has 5 aromatic rings. The third-order valence-corrected chi connectivity index (χ3v) is 9.85. The number of nitrogens with zero attached hydrogens (tertiary/aromatic N) is 3. The molecular formula is C34H23Br2N3O4S. The first kappa shape index (κ1) is 28.6. The van der Waals surface area contributed by atoms with Gasteiger partial charge in [-0.15, -0.1) is 0 Å². The minimum absolute atomic E-state index is 0.0146. The van der Waals surface area contributed by atoms with Crippen LogP contribution in [0.15, 0.2) is 115 Å². The topological polar surface area (TPSA) is 86.7 Å². The number of hydrogen-bond acceptors (Lipinski definition) is 6. The summed E-state index contributed by atoms with van der Waals surface area (Å²) in [4.78, 5) is 31.2. The molecule has 0 saturated carbocycles. The number of rotatable bonds is 6. The summed E-state index contributed by atoms with van der Waals surface area (Å²) in [5.74, 6) is 0.617. The third-order valence-electron chi connectivity index (χ3n) is 7.82. The summed E-state index contributed by atoms with van der Waals surface area (Å²) in [7, 11) is 0. The van der Waals surface area contributed by atoms with Crippen LogP contribution in [0, 0.1) is 10.1 Å². The van der Waals surface area contributed by atoms with Crippen LogP contribution < -0.4 is 19.6 Å². The van der Waals surface area contributed by atoms with Crippen LogP contribution in [0.3, 0.4) is 0 Å². The number of halogens is 2. The van der Waals surface area contributed by atoms with E-state index in [-0.39, 0.29) is 11.2 Å². The molecule has 4 aromatic carbocycles. The lowest BCUT2D eigenvalue weighted by Gasteiger charge is -2.30. The molecule has 0 fully saturated rings. The number of nitro groups is 1. The maximum Gasteiger partial charge on any atom is 0.271 e. The van der Waals surface area contributed by atoms with E-state index in [9.17, 15) is 14.9 Å². The van der Waals surface area contributed by atoms with Crippen molar-refractivity contribution in [2.75, 3.05) is 0 Å². The van der Waals surface area contributed by atoms with Gasteiger partial charge in [-0.3, -0.25) is 19.5 Å². The standard InChI is InChI=1S/C34H23Br2N3O4S/c35-24-15-23(32(28(36)18-24)43-19-20-7-2-1-3-8-20)17-29-33(40)38-31(22-10-6-11-25(16-22)39(41)42)27-14-13-21-9-4-5-12-26(21)30(27)37-34(38)44-29/h1-12,15-18,31H,13-14,19H2/b29-17+. The quantitative estimate of drug-likeness (QED) is 0.135. The van der Waals surface area contributed by atoms with E-state index in [0.717, 1.165) is 43.3 Å². The van der Waals surface area contributed by atoms with Crippen LogP contribution >= 0.6 is 43.2 Å². The van der Waals surface area contributed by atoms with Crippen molar-refractivity contribution in [2.45, 2.75) is 25.5 Å². The predicted octanol–water partition coefficient (Wildman–Crippen LogP) is 7.33. The number of nitro benzene ring substituents is 1. The van der Waals surface area contributed by atoms with Gasteiger partial charge in [-0.25, -0.2) is 4.99 Å². The van der Waals surface area contributed by atoms with E-state index in [1.165, 1.54) is 23.0 Å². The average molecular weight is 729 g/mol. The Bertz CT molecular complexity index is 2170. The van der Waals surface area contributed by atoms with E-state index < -0.39 is 11.0 Å². The maximum atomic E-state index is 14.3. The van der Waals surface area contributed by atoms with E-state index in [4.69, 9.17) is 9.73 Å². The van der Waals surface area contributed by atoms with E-state index in [1.807, 2.05) is 66.7 Å². The molecule has 1 aliphatic carbocycles. The zero-order valence-corrected chi connectivity index (χ0v) is 27.1. The summed E-state index contributed by atoms with van der Waals surface area (Å²) in [6.07, 6.45) is 3.33. The molecule has 0 bridgehead atoms. The highest BCUT2D eigenvalue weighted by atomic mass is 79.9. The van der Waals surface area contributed by atoms with Crippen molar-refractivity contribution in [1.29, 1.82) is 0 Å². The molecule has 7 rings (SSSR count). The summed E-state index contributed by atoms with van der Waals surface area (Å²) >= 11 is 8.53. The van der Waals surface area contributed by atoms with Gasteiger partial charge >= 0.3 is 0 Å². The van der Waals surface area contributed by atoms with Gasteiger partial charge in [-0.2, -0.15) is 0 Å². The molecule has 218 valence electrons. The largest absolute Gasteiger partial charge is 0.487 e. The number of aromatic nitrogens is 1. The van der Waals surface area contributed by atoms with Gasteiger partial charge < -0.3 is 4.74 Å². The van der Waals surface area contributed by atoms with Crippen molar-refractivity contribution in [3.8, 4) is 5.75 Å². The molecule has 1 unspecified atom stereocenters. The van der Waals surface area contributed by atoms with E-state index in [1.54, 1.807) is 16.7 Å². The van der Waals surface area contributed by atoms with Crippen LogP contribution in [-0.2, 0) is 13.0 Å². The Morgan fingerprint density at radius 1 is 1.00 bits per heavy atom. The Hall–Kier alpha value is -4.12. The van der Waals surface area contributed by atoms with Gasteiger partial charge in [-0.05, 0) is 69.2 Å². The molecule has 1 aliphatic heterocycles. The van der Waals surface area contributed by atoms with Crippen molar-refractivity contribution in [1.82, 2.24) is 4.57 Å². The number of ether oxygens (including phenoxy) is 1. The molecule has 7 nitrogen and oxygen atoms in total. The Balaban J connectivity index is 1.41. The van der Waals surface area contributed by atoms with Crippen LogP contribution in [-0.4, -0.2) is 9.49 Å². The number of aryl methyl sites for hydroxylation is 1. The Morgan fingerprint density at radius 2 is 1.80 bits per heavy atom. The summed E-state index contributed by atoms with van der Waals surface area (Å²) < 4.78 is 10.0. The normalized spacial score (nSPS) is 15.7. The second-order valence-corrected chi connectivity index (χ2v) is 13.3. The molecule has 1 atom stereocenters. The first-order valence-corrected chi connectivity index (χ1v) is 16.3.